The molecule has 1 aliphatic heterocycles. The number of aliphatic carboxylic acids is 1. The highest BCUT2D eigenvalue weighted by Gasteiger charge is 2.38. The Labute approximate surface area is 251 Å². The molecule has 1 aromatic carbocycles. The van der Waals surface area contributed by atoms with Crippen molar-refractivity contribution in [1.29, 1.82) is 0 Å². The molecule has 4 rings (SSSR count). The van der Waals surface area contributed by atoms with E-state index in [0.29, 0.717) is 29.0 Å². The van der Waals surface area contributed by atoms with E-state index in [1.54, 1.807) is 23.3 Å². The molecule has 0 aliphatic carbocycles. The molecule has 3 aromatic rings. The molecule has 16 heteroatoms. The fourth-order valence-corrected chi connectivity index (χ4v) is 4.21. The highest BCUT2D eigenvalue weighted by Crippen LogP contribution is 2.19. The van der Waals surface area contributed by atoms with Gasteiger partial charge in [-0.1, -0.05) is 23.7 Å². The number of halogens is 4. The summed E-state index contributed by atoms with van der Waals surface area (Å²) in [5, 5.41) is 20.7. The van der Waals surface area contributed by atoms with Crippen molar-refractivity contribution < 1.29 is 32.6 Å². The van der Waals surface area contributed by atoms with Crippen LogP contribution in [0.15, 0.2) is 43.0 Å². The van der Waals surface area contributed by atoms with Crippen molar-refractivity contribution >= 4 is 29.4 Å². The molecule has 43 heavy (non-hydrogen) atoms. The average molecular weight is 627 g/mol. The number of ether oxygens (including phenoxy) is 1. The summed E-state index contributed by atoms with van der Waals surface area (Å²) >= 11 is 6.20. The topological polar surface area (TPSA) is 155 Å². The number of anilines is 1. The summed E-state index contributed by atoms with van der Waals surface area (Å²) in [5.41, 5.74) is 2.10. The maximum absolute atomic E-state index is 13.1. The molecule has 1 atom stereocenters. The standard InChI is InChI=1S/C25H33ClN8O2.C2HF3O2/c1-17-13-29-25(31-20-6-10-36-11-7-20)33-23(17)34-15-22(30-16-34)24(35)32-21(14-28-9-8-27-2)18-4-3-5-19(26)12-18;3-2(4,5)1(6)7/h3-5,12-13,15-16,20-21,27-28H,6-11,14H2,1-2H3,(H,32,35)(H,29,31,33);(H,6,7). The number of aromatic nitrogens is 4. The number of hydrogen-bond acceptors (Lipinski definition) is 9. The number of carbonyl (C=O) groups excluding carboxylic acids is 1. The number of rotatable bonds is 11. The summed E-state index contributed by atoms with van der Waals surface area (Å²) in [7, 11) is 1.90. The number of nitrogens with one attached hydrogen (secondary N) is 4. The van der Waals surface area contributed by atoms with E-state index in [4.69, 9.17) is 26.2 Å². The number of benzene rings is 1. The molecule has 1 saturated heterocycles. The van der Waals surface area contributed by atoms with Gasteiger partial charge in [-0.3, -0.25) is 9.36 Å². The smallest absolute Gasteiger partial charge is 0.475 e. The monoisotopic (exact) mass is 626 g/mol. The number of nitrogens with zero attached hydrogens (tertiary/aromatic N) is 4. The minimum absolute atomic E-state index is 0.269. The highest BCUT2D eigenvalue weighted by atomic mass is 35.5. The third-order valence-corrected chi connectivity index (χ3v) is 6.49. The van der Waals surface area contributed by atoms with Gasteiger partial charge in [0.05, 0.1) is 6.04 Å². The summed E-state index contributed by atoms with van der Waals surface area (Å²) in [6.07, 6.45) is 1.81. The largest absolute Gasteiger partial charge is 0.490 e. The number of carboxylic acid groups (broad SMARTS) is 1. The van der Waals surface area contributed by atoms with Crippen molar-refractivity contribution in [3.63, 3.8) is 0 Å². The van der Waals surface area contributed by atoms with Crippen LogP contribution in [0.3, 0.4) is 0 Å². The Hall–Kier alpha value is -3.79. The summed E-state index contributed by atoms with van der Waals surface area (Å²) in [6, 6.07) is 7.52. The second-order valence-corrected chi connectivity index (χ2v) is 10.0. The first-order valence-electron chi connectivity index (χ1n) is 13.4. The molecule has 12 nitrogen and oxygen atoms in total. The van der Waals surface area contributed by atoms with Gasteiger partial charge in [0.15, 0.2) is 0 Å². The van der Waals surface area contributed by atoms with Crippen LogP contribution < -0.4 is 21.3 Å². The maximum atomic E-state index is 13.1. The minimum atomic E-state index is -5.08. The number of alkyl halides is 3. The third kappa shape index (κ3) is 10.8. The van der Waals surface area contributed by atoms with E-state index in [2.05, 4.69) is 36.2 Å². The molecule has 2 aromatic heterocycles. The molecule has 0 spiro atoms. The fraction of sp³-hybridized carbons (Fsp3) is 0.444. The van der Waals surface area contributed by atoms with Crippen LogP contribution in [0.25, 0.3) is 5.82 Å². The van der Waals surface area contributed by atoms with Gasteiger partial charge in [0.2, 0.25) is 5.95 Å². The van der Waals surface area contributed by atoms with Gasteiger partial charge in [-0.25, -0.2) is 14.8 Å². The number of carboxylic acids is 1. The van der Waals surface area contributed by atoms with Gasteiger partial charge in [-0.05, 0) is 44.5 Å². The zero-order valence-corrected chi connectivity index (χ0v) is 24.4. The Morgan fingerprint density at radius 1 is 1.21 bits per heavy atom. The fourth-order valence-electron chi connectivity index (χ4n) is 4.01. The van der Waals surface area contributed by atoms with E-state index in [0.717, 1.165) is 50.3 Å². The van der Waals surface area contributed by atoms with Crippen LogP contribution in [-0.4, -0.2) is 88.6 Å². The summed E-state index contributed by atoms with van der Waals surface area (Å²) in [4.78, 5) is 35.5. The summed E-state index contributed by atoms with van der Waals surface area (Å²) in [5.74, 6) is -1.81. The molecule has 1 unspecified atom stereocenters. The molecule has 0 bridgehead atoms. The lowest BCUT2D eigenvalue weighted by Gasteiger charge is -2.23. The average Bonchev–Trinajstić information content (AvgIpc) is 3.46. The molecule has 234 valence electrons. The second-order valence-electron chi connectivity index (χ2n) is 9.59. The van der Waals surface area contributed by atoms with E-state index >= 15 is 0 Å². The van der Waals surface area contributed by atoms with E-state index in [-0.39, 0.29) is 18.0 Å². The van der Waals surface area contributed by atoms with Crippen LogP contribution in [0.2, 0.25) is 5.02 Å². The van der Waals surface area contributed by atoms with Crippen LogP contribution in [0, 0.1) is 6.92 Å². The normalized spacial score (nSPS) is 14.4. The predicted molar refractivity (Wildman–Crippen MR) is 154 cm³/mol. The molecular weight excluding hydrogens is 593 g/mol. The van der Waals surface area contributed by atoms with Gasteiger partial charge in [-0.2, -0.15) is 18.2 Å². The lowest BCUT2D eigenvalue weighted by molar-refractivity contribution is -0.192. The summed E-state index contributed by atoms with van der Waals surface area (Å²) < 4.78 is 38.9. The first kappa shape index (κ1) is 33.7. The molecule has 1 amide bonds. The lowest BCUT2D eigenvalue weighted by atomic mass is 10.1. The number of amides is 1. The number of aryl methyl sites for hydroxylation is 1. The number of hydrogen-bond donors (Lipinski definition) is 5. The van der Waals surface area contributed by atoms with E-state index in [9.17, 15) is 18.0 Å². The van der Waals surface area contributed by atoms with Gasteiger partial charge in [0.1, 0.15) is 17.8 Å². The first-order chi connectivity index (χ1) is 20.5. The Bertz CT molecular complexity index is 1350. The van der Waals surface area contributed by atoms with E-state index in [1.807, 2.05) is 38.2 Å². The van der Waals surface area contributed by atoms with Crippen LogP contribution in [0.5, 0.6) is 0 Å². The van der Waals surface area contributed by atoms with E-state index < -0.39 is 12.1 Å². The molecular formula is C27H34ClF3N8O4. The van der Waals surface area contributed by atoms with E-state index in [1.165, 1.54) is 0 Å². The summed E-state index contributed by atoms with van der Waals surface area (Å²) in [6.45, 7) is 5.55. The van der Waals surface area contributed by atoms with Gasteiger partial charge in [0, 0.05) is 61.9 Å². The Morgan fingerprint density at radius 3 is 2.58 bits per heavy atom. The SMILES string of the molecule is CNCCNCC(NC(=O)c1cn(-c2nc(NC3CCOCC3)ncc2C)cn1)c1cccc(Cl)c1.O=C(O)C(F)(F)F. The number of likely N-dealkylation sites (N-methyl/N-ethyl adjacent to an activating group) is 1. The van der Waals surface area contributed by atoms with Crippen molar-refractivity contribution in [2.45, 2.75) is 38.0 Å². The minimum Gasteiger partial charge on any atom is -0.475 e. The molecule has 0 radical (unpaired) electrons. The predicted octanol–water partition coefficient (Wildman–Crippen LogP) is 3.13. The molecule has 0 saturated carbocycles. The van der Waals surface area contributed by atoms with Crippen LogP contribution in [0.4, 0.5) is 19.1 Å². The van der Waals surface area contributed by atoms with Gasteiger partial charge in [-0.15, -0.1) is 0 Å². The Balaban J connectivity index is 0.000000646. The first-order valence-corrected chi connectivity index (χ1v) is 13.8. The number of imidazole rings is 1. The van der Waals surface area contributed by atoms with Gasteiger partial charge >= 0.3 is 12.1 Å². The molecule has 5 N–H and O–H groups in total. The Morgan fingerprint density at radius 2 is 1.93 bits per heavy atom. The molecule has 1 fully saturated rings. The van der Waals surface area contributed by atoms with Crippen molar-refractivity contribution in [3.8, 4) is 5.82 Å². The molecule has 1 aliphatic rings. The zero-order valence-electron chi connectivity index (χ0n) is 23.6. The van der Waals surface area contributed by atoms with Gasteiger partial charge in [0.25, 0.3) is 5.91 Å². The zero-order chi connectivity index (χ0) is 31.4. The van der Waals surface area contributed by atoms with Crippen molar-refractivity contribution in [1.82, 2.24) is 35.5 Å². The third-order valence-electron chi connectivity index (χ3n) is 6.26. The van der Waals surface area contributed by atoms with Crippen LogP contribution in [0.1, 0.15) is 40.5 Å². The lowest BCUT2D eigenvalue weighted by Crippen LogP contribution is -2.37. The van der Waals surface area contributed by atoms with Crippen molar-refractivity contribution in [3.05, 3.63) is 64.8 Å². The number of carbonyl (C=O) groups is 2. The molecule has 3 heterocycles. The van der Waals surface area contributed by atoms with Gasteiger partial charge < -0.3 is 31.1 Å². The van der Waals surface area contributed by atoms with Crippen molar-refractivity contribution in [2.75, 3.05) is 45.2 Å². The van der Waals surface area contributed by atoms with Crippen LogP contribution in [-0.2, 0) is 9.53 Å². The quantitative estimate of drug-likeness (QED) is 0.201. The van der Waals surface area contributed by atoms with Crippen LogP contribution >= 0.6 is 11.6 Å². The maximum Gasteiger partial charge on any atom is 0.490 e. The van der Waals surface area contributed by atoms with Crippen molar-refractivity contribution in [2.24, 2.45) is 0 Å². The highest BCUT2D eigenvalue weighted by molar-refractivity contribution is 6.30. The Kier molecular flexibility index (Phi) is 12.7. The second kappa shape index (κ2) is 16.2.